The van der Waals surface area contributed by atoms with E-state index in [1.54, 1.807) is 146 Å². The molecule has 10 heterocycles. The molecule has 2 saturated carbocycles. The van der Waals surface area contributed by atoms with E-state index >= 15 is 0 Å². The molecule has 424 valence electrons. The molecule has 0 amide bonds. The van der Waals surface area contributed by atoms with Crippen LogP contribution in [0.15, 0.2) is 60.6 Å². The summed E-state index contributed by atoms with van der Waals surface area (Å²) in [5.74, 6) is 1.31. The minimum Gasteiger partial charge on any atom is -0.164 e. The lowest BCUT2D eigenvalue weighted by atomic mass is 9.98. The SMILES string of the molecule is CC(C)(C)c1nncs1.CC(C)c1nncs1.CC1(c2nncs2)CC1.CCCCc1nncs1.CCCc1nncs1.CCc1nncs1.Cc1nncs1.FC(F)(F)c1nncs1.c1nnc(C2CC2)s1.c1nncs1. The largest absolute Gasteiger partial charge is 0.445 e. The second-order valence-corrected chi connectivity index (χ2v) is 26.0. The highest BCUT2D eigenvalue weighted by Crippen LogP contribution is 2.47. The van der Waals surface area contributed by atoms with Crippen molar-refractivity contribution >= 4 is 113 Å². The third kappa shape index (κ3) is 31.3. The Balaban J connectivity index is 0.000000229. The lowest BCUT2D eigenvalue weighted by molar-refractivity contribution is -0.138. The Morgan fingerprint density at radius 3 is 1.29 bits per heavy atom. The summed E-state index contributed by atoms with van der Waals surface area (Å²) in [7, 11) is 0. The van der Waals surface area contributed by atoms with Crippen LogP contribution in [0.3, 0.4) is 0 Å². The third-order valence-corrected chi connectivity index (χ3v) is 17.2. The Bertz CT molecular complexity index is 2610. The topological polar surface area (TPSA) is 258 Å². The van der Waals surface area contributed by atoms with E-state index in [1.807, 2.05) is 6.92 Å². The molecule has 0 aliphatic heterocycles. The van der Waals surface area contributed by atoms with E-state index in [0.717, 1.165) is 67.2 Å². The zero-order chi connectivity index (χ0) is 56.9. The van der Waals surface area contributed by atoms with Crippen LogP contribution in [-0.2, 0) is 36.3 Å². The molecule has 0 radical (unpaired) electrons. The number of aryl methyl sites for hydroxylation is 4. The van der Waals surface area contributed by atoms with E-state index in [4.69, 9.17) is 0 Å². The zero-order valence-corrected chi connectivity index (χ0v) is 52.9. The highest BCUT2D eigenvalue weighted by molar-refractivity contribution is 7.11. The molecule has 0 unspecified atom stereocenters. The molecule has 78 heavy (non-hydrogen) atoms. The van der Waals surface area contributed by atoms with E-state index in [9.17, 15) is 13.2 Å². The normalized spacial score (nSPS) is 12.4. The Labute approximate surface area is 492 Å². The van der Waals surface area contributed by atoms with Gasteiger partial charge in [-0.1, -0.05) is 80.1 Å². The number of rotatable bonds is 9. The van der Waals surface area contributed by atoms with Gasteiger partial charge in [-0.15, -0.1) is 204 Å². The summed E-state index contributed by atoms with van der Waals surface area (Å²) in [4.78, 5) is 0. The van der Waals surface area contributed by atoms with Gasteiger partial charge in [0.1, 0.15) is 101 Å². The van der Waals surface area contributed by atoms with Gasteiger partial charge >= 0.3 is 6.18 Å². The van der Waals surface area contributed by atoms with Crippen LogP contribution in [-0.4, -0.2) is 102 Å². The predicted octanol–water partition coefficient (Wildman–Crippen LogP) is 13.9. The first kappa shape index (κ1) is 67.7. The lowest BCUT2D eigenvalue weighted by Gasteiger charge is -2.11. The fourth-order valence-electron chi connectivity index (χ4n) is 4.62. The van der Waals surface area contributed by atoms with Crippen molar-refractivity contribution < 1.29 is 13.2 Å². The van der Waals surface area contributed by atoms with Crippen LogP contribution in [0.5, 0.6) is 0 Å². The molecule has 0 atom stereocenters. The summed E-state index contributed by atoms with van der Waals surface area (Å²) >= 11 is 15.0. The molecule has 2 aliphatic rings. The first-order valence-electron chi connectivity index (χ1n) is 24.0. The van der Waals surface area contributed by atoms with Crippen molar-refractivity contribution in [1.29, 1.82) is 0 Å². The molecule has 0 spiro atoms. The van der Waals surface area contributed by atoms with Crippen molar-refractivity contribution in [2.24, 2.45) is 0 Å². The van der Waals surface area contributed by atoms with Gasteiger partial charge in [0.25, 0.3) is 0 Å². The minimum atomic E-state index is -4.33. The first-order valence-corrected chi connectivity index (χ1v) is 32.9. The zero-order valence-electron chi connectivity index (χ0n) is 44.7. The molecule has 2 fully saturated rings. The van der Waals surface area contributed by atoms with Crippen LogP contribution in [0.25, 0.3) is 0 Å². The summed E-state index contributed by atoms with van der Waals surface area (Å²) in [6, 6.07) is 0. The first-order chi connectivity index (χ1) is 37.5. The van der Waals surface area contributed by atoms with Gasteiger partial charge in [-0.2, -0.15) is 13.2 Å². The maximum absolute atomic E-state index is 11.5. The summed E-state index contributed by atoms with van der Waals surface area (Å²) in [5, 5.41) is 81.9. The monoisotopic (exact) mass is 1260 g/mol. The molecular weight excluding hydrogens is 1200 g/mol. The highest BCUT2D eigenvalue weighted by atomic mass is 32.1. The molecule has 2 aliphatic carbocycles. The summed E-state index contributed by atoms with van der Waals surface area (Å²) in [6.45, 7) is 21.2. The van der Waals surface area contributed by atoms with Crippen LogP contribution in [0.4, 0.5) is 13.2 Å². The second kappa shape index (κ2) is 38.9. The van der Waals surface area contributed by atoms with Crippen molar-refractivity contribution in [2.45, 2.75) is 162 Å². The number of hydrogen-bond donors (Lipinski definition) is 0. The molecule has 10 aromatic heterocycles. The van der Waals surface area contributed by atoms with Crippen LogP contribution in [0.1, 0.15) is 164 Å². The second-order valence-electron chi connectivity index (χ2n) is 17.3. The van der Waals surface area contributed by atoms with Gasteiger partial charge < -0.3 is 0 Å². The molecule has 0 aromatic carbocycles. The van der Waals surface area contributed by atoms with Gasteiger partial charge in [0.15, 0.2) is 0 Å². The van der Waals surface area contributed by atoms with Crippen LogP contribution in [0, 0.1) is 6.92 Å². The van der Waals surface area contributed by atoms with Gasteiger partial charge in [0.05, 0.1) is 0 Å². The van der Waals surface area contributed by atoms with Gasteiger partial charge in [-0.05, 0) is 51.9 Å². The van der Waals surface area contributed by atoms with Crippen molar-refractivity contribution in [1.82, 2.24) is 102 Å². The van der Waals surface area contributed by atoms with Crippen molar-refractivity contribution in [3.63, 3.8) is 0 Å². The average Bonchev–Trinajstić information content (AvgIpc) is 4.28. The summed E-state index contributed by atoms with van der Waals surface area (Å²) < 4.78 is 34.6. The summed E-state index contributed by atoms with van der Waals surface area (Å²) in [6.07, 6.45) is 7.72. The maximum atomic E-state index is 11.5. The number of nitrogens with zero attached hydrogens (tertiary/aromatic N) is 20. The Morgan fingerprint density at radius 1 is 0.513 bits per heavy atom. The number of halogens is 3. The minimum absolute atomic E-state index is 0.168. The van der Waals surface area contributed by atoms with Gasteiger partial charge in [-0.3, -0.25) is 0 Å². The Hall–Kier alpha value is -4.61. The van der Waals surface area contributed by atoms with Crippen molar-refractivity contribution in [2.75, 3.05) is 0 Å². The Morgan fingerprint density at radius 2 is 1.00 bits per heavy atom. The van der Waals surface area contributed by atoms with E-state index in [1.165, 1.54) is 59.9 Å². The van der Waals surface area contributed by atoms with E-state index < -0.39 is 11.2 Å². The number of aromatic nitrogens is 20. The van der Waals surface area contributed by atoms with Crippen LogP contribution in [0.2, 0.25) is 0 Å². The average molecular weight is 1260 g/mol. The van der Waals surface area contributed by atoms with Crippen molar-refractivity contribution in [3.8, 4) is 0 Å². The molecule has 20 nitrogen and oxygen atoms in total. The van der Waals surface area contributed by atoms with E-state index in [-0.39, 0.29) is 5.41 Å². The smallest absolute Gasteiger partial charge is 0.164 e. The van der Waals surface area contributed by atoms with Crippen molar-refractivity contribution in [3.05, 3.63) is 106 Å². The standard InChI is InChI=1S/C6H8N2S.2C6H10N2S.C5H6N2S.2C5H8N2S.C4H6N2S.C3HF3N2S.C3H4N2S.C2H2N2S/c1-6(2-3-6)5-8-7-4-9-5;1-6(2,3)5-8-7-4-9-5;1-2-3-4-6-8-7-5-9-6;1-2-4(1)5-7-6-3-8-5;1-4(2)5-7-6-3-8-5;1-2-3-5-7-6-4-8-5;1-2-4-6-5-3-7-4;4-3(5,6)2-8-7-1-9-2;1-3-5-4-2-6-3;1-3-4-2-5-1/h4H,2-3H2,1H3;4H,1-3H3;5H,2-4H2,1H3;3-4H,1-2H2;3-4H,1-2H3;4H,2-3H2,1H3;3H,2H2,1H3;1H;2H,1H3;1-2H. The summed E-state index contributed by atoms with van der Waals surface area (Å²) in [5.41, 5.74) is 19.1. The number of alkyl halides is 3. The molecular formula is C45H63F3N20S10. The van der Waals surface area contributed by atoms with Gasteiger partial charge in [-0.25, -0.2) is 0 Å². The third-order valence-electron chi connectivity index (χ3n) is 9.13. The van der Waals surface area contributed by atoms with E-state index in [2.05, 4.69) is 164 Å². The van der Waals surface area contributed by atoms with Crippen LogP contribution >= 0.6 is 113 Å². The molecule has 33 heteroatoms. The van der Waals surface area contributed by atoms with Crippen LogP contribution < -0.4 is 0 Å². The van der Waals surface area contributed by atoms with Gasteiger partial charge in [0, 0.05) is 35.5 Å². The quantitative estimate of drug-likeness (QED) is 0.130. The predicted molar refractivity (Wildman–Crippen MR) is 312 cm³/mol. The lowest BCUT2D eigenvalue weighted by Crippen LogP contribution is -2.10. The maximum Gasteiger partial charge on any atom is 0.445 e. The molecule has 12 rings (SSSR count). The number of unbranched alkanes of at least 4 members (excludes halogenated alkanes) is 1. The fraction of sp³-hybridized carbons (Fsp3) is 0.556. The molecule has 0 saturated heterocycles. The fourth-order valence-corrected chi connectivity index (χ4v) is 10.1. The molecule has 10 aromatic rings. The molecule has 0 N–H and O–H groups in total. The molecule has 0 bridgehead atoms. The Kier molecular flexibility index (Phi) is 33.7. The van der Waals surface area contributed by atoms with E-state index in [0.29, 0.717) is 22.7 Å². The number of hydrogen-bond acceptors (Lipinski definition) is 30. The van der Waals surface area contributed by atoms with Gasteiger partial charge in [0.2, 0.25) is 5.01 Å². The highest BCUT2D eigenvalue weighted by Gasteiger charge is 2.41.